The molecule has 1 aromatic carbocycles. The van der Waals surface area contributed by atoms with Gasteiger partial charge in [-0.1, -0.05) is 0 Å². The summed E-state index contributed by atoms with van der Waals surface area (Å²) >= 11 is 0. The molecule has 0 spiro atoms. The first-order valence-electron chi connectivity index (χ1n) is 5.41. The molecule has 0 aromatic heterocycles. The van der Waals surface area contributed by atoms with Gasteiger partial charge in [0.15, 0.2) is 17.3 Å². The number of hydrogen-bond donors (Lipinski definition) is 0. The SMILES string of the molecule is CN(C)C(=O)/C=C/C(=O)c1ccc2c(c1)OCO2. The number of fused-ring (bicyclic) bond motifs is 1. The number of ether oxygens (including phenoxy) is 2. The van der Waals surface area contributed by atoms with Crippen LogP contribution in [0.1, 0.15) is 10.4 Å². The average Bonchev–Trinajstić information content (AvgIpc) is 2.82. The molecule has 5 heteroatoms. The molecule has 94 valence electrons. The number of amides is 1. The second-order valence-corrected chi connectivity index (χ2v) is 4.00. The first kappa shape index (κ1) is 12.2. The second-order valence-electron chi connectivity index (χ2n) is 4.00. The smallest absolute Gasteiger partial charge is 0.246 e. The lowest BCUT2D eigenvalue weighted by molar-refractivity contribution is -0.123. The molecule has 0 radical (unpaired) electrons. The van der Waals surface area contributed by atoms with E-state index >= 15 is 0 Å². The van der Waals surface area contributed by atoms with Gasteiger partial charge >= 0.3 is 0 Å². The van der Waals surface area contributed by atoms with Gasteiger partial charge in [-0.2, -0.15) is 0 Å². The molecule has 5 nitrogen and oxygen atoms in total. The minimum absolute atomic E-state index is 0.169. The fourth-order valence-corrected chi connectivity index (χ4v) is 1.44. The van der Waals surface area contributed by atoms with Gasteiger partial charge in [-0.15, -0.1) is 0 Å². The lowest BCUT2D eigenvalue weighted by atomic mass is 10.1. The van der Waals surface area contributed by atoms with Crippen molar-refractivity contribution in [2.45, 2.75) is 0 Å². The molecule has 1 aromatic rings. The second kappa shape index (κ2) is 4.91. The van der Waals surface area contributed by atoms with E-state index in [2.05, 4.69) is 0 Å². The molecular formula is C13H13NO4. The zero-order valence-electron chi connectivity index (χ0n) is 10.2. The molecule has 0 bridgehead atoms. The van der Waals surface area contributed by atoms with Gasteiger partial charge in [-0.05, 0) is 24.3 Å². The summed E-state index contributed by atoms with van der Waals surface area (Å²) in [5.41, 5.74) is 0.460. The number of benzene rings is 1. The molecule has 0 saturated heterocycles. The summed E-state index contributed by atoms with van der Waals surface area (Å²) in [7, 11) is 3.25. The van der Waals surface area contributed by atoms with Crippen LogP contribution >= 0.6 is 0 Å². The van der Waals surface area contributed by atoms with Crippen LogP contribution in [-0.4, -0.2) is 37.5 Å². The van der Waals surface area contributed by atoms with E-state index in [-0.39, 0.29) is 18.5 Å². The number of hydrogen-bond acceptors (Lipinski definition) is 4. The van der Waals surface area contributed by atoms with Gasteiger partial charge in [-0.25, -0.2) is 0 Å². The summed E-state index contributed by atoms with van der Waals surface area (Å²) in [6, 6.07) is 4.92. The van der Waals surface area contributed by atoms with Crippen LogP contribution < -0.4 is 9.47 Å². The topological polar surface area (TPSA) is 55.8 Å². The van der Waals surface area contributed by atoms with Gasteiger partial charge in [0.2, 0.25) is 12.7 Å². The molecule has 0 aliphatic carbocycles. The van der Waals surface area contributed by atoms with E-state index in [1.165, 1.54) is 17.1 Å². The van der Waals surface area contributed by atoms with Crippen molar-refractivity contribution in [2.75, 3.05) is 20.9 Å². The highest BCUT2D eigenvalue weighted by Gasteiger charge is 2.15. The van der Waals surface area contributed by atoms with Crippen LogP contribution in [0.25, 0.3) is 0 Å². The minimum atomic E-state index is -0.247. The molecule has 2 rings (SSSR count). The fourth-order valence-electron chi connectivity index (χ4n) is 1.44. The van der Waals surface area contributed by atoms with E-state index in [1.807, 2.05) is 0 Å². The van der Waals surface area contributed by atoms with E-state index in [0.29, 0.717) is 17.1 Å². The van der Waals surface area contributed by atoms with Crippen molar-refractivity contribution in [3.8, 4) is 11.5 Å². The lowest BCUT2D eigenvalue weighted by Gasteiger charge is -2.05. The highest BCUT2D eigenvalue weighted by Crippen LogP contribution is 2.32. The Hall–Kier alpha value is -2.30. The Morgan fingerprint density at radius 1 is 1.17 bits per heavy atom. The molecule has 0 atom stereocenters. The quantitative estimate of drug-likeness (QED) is 0.595. The standard InChI is InChI=1S/C13H13NO4/c1-14(2)13(16)6-4-10(15)9-3-5-11-12(7-9)18-8-17-11/h3-7H,8H2,1-2H3/b6-4+. The Kier molecular flexibility index (Phi) is 3.32. The zero-order chi connectivity index (χ0) is 13.1. The molecular weight excluding hydrogens is 234 g/mol. The number of ketones is 1. The van der Waals surface area contributed by atoms with E-state index in [1.54, 1.807) is 32.3 Å². The van der Waals surface area contributed by atoms with Crippen LogP contribution in [0, 0.1) is 0 Å². The van der Waals surface area contributed by atoms with Crippen molar-refractivity contribution in [3.05, 3.63) is 35.9 Å². The summed E-state index contributed by atoms with van der Waals surface area (Å²) < 4.78 is 10.3. The molecule has 0 unspecified atom stereocenters. The highest BCUT2D eigenvalue weighted by atomic mass is 16.7. The first-order valence-corrected chi connectivity index (χ1v) is 5.41. The van der Waals surface area contributed by atoms with Gasteiger partial charge in [-0.3, -0.25) is 9.59 Å². The molecule has 1 amide bonds. The number of allylic oxidation sites excluding steroid dienone is 1. The number of carbonyl (C=O) groups excluding carboxylic acids is 2. The van der Waals surface area contributed by atoms with Crippen LogP contribution in [-0.2, 0) is 4.79 Å². The first-order chi connectivity index (χ1) is 8.58. The zero-order valence-corrected chi connectivity index (χ0v) is 10.2. The molecule has 18 heavy (non-hydrogen) atoms. The molecule has 0 saturated carbocycles. The average molecular weight is 247 g/mol. The van der Waals surface area contributed by atoms with Gasteiger partial charge in [0.1, 0.15) is 0 Å². The maximum Gasteiger partial charge on any atom is 0.246 e. The third-order valence-corrected chi connectivity index (χ3v) is 2.48. The van der Waals surface area contributed by atoms with Crippen LogP contribution in [0.4, 0.5) is 0 Å². The van der Waals surface area contributed by atoms with E-state index in [0.717, 1.165) is 0 Å². The van der Waals surface area contributed by atoms with Crippen LogP contribution in [0.3, 0.4) is 0 Å². The largest absolute Gasteiger partial charge is 0.454 e. The molecule has 0 N–H and O–H groups in total. The summed E-state index contributed by atoms with van der Waals surface area (Å²) in [6.07, 6.45) is 2.49. The Morgan fingerprint density at radius 3 is 2.61 bits per heavy atom. The maximum atomic E-state index is 11.8. The van der Waals surface area contributed by atoms with Crippen molar-refractivity contribution in [2.24, 2.45) is 0 Å². The maximum absolute atomic E-state index is 11.8. The predicted molar refractivity (Wildman–Crippen MR) is 64.7 cm³/mol. The Balaban J connectivity index is 2.12. The van der Waals surface area contributed by atoms with Gasteiger partial charge in [0, 0.05) is 25.7 Å². The summed E-state index contributed by atoms with van der Waals surface area (Å²) in [5.74, 6) is 0.695. The van der Waals surface area contributed by atoms with Crippen LogP contribution in [0.2, 0.25) is 0 Å². The number of rotatable bonds is 3. The van der Waals surface area contributed by atoms with Crippen molar-refractivity contribution >= 4 is 11.7 Å². The number of nitrogens with zero attached hydrogens (tertiary/aromatic N) is 1. The Morgan fingerprint density at radius 2 is 1.89 bits per heavy atom. The Bertz CT molecular complexity index is 520. The van der Waals surface area contributed by atoms with Crippen molar-refractivity contribution in [3.63, 3.8) is 0 Å². The van der Waals surface area contributed by atoms with Crippen molar-refractivity contribution in [1.82, 2.24) is 4.90 Å². The van der Waals surface area contributed by atoms with Crippen molar-refractivity contribution < 1.29 is 19.1 Å². The third-order valence-electron chi connectivity index (χ3n) is 2.48. The fraction of sp³-hybridized carbons (Fsp3) is 0.231. The summed E-state index contributed by atoms with van der Waals surface area (Å²) in [5, 5.41) is 0. The lowest BCUT2D eigenvalue weighted by Crippen LogP contribution is -2.19. The summed E-state index contributed by atoms with van der Waals surface area (Å²) in [4.78, 5) is 24.5. The van der Waals surface area contributed by atoms with Crippen LogP contribution in [0.15, 0.2) is 30.4 Å². The molecule has 1 aliphatic rings. The van der Waals surface area contributed by atoms with E-state index in [4.69, 9.17) is 9.47 Å². The highest BCUT2D eigenvalue weighted by molar-refractivity contribution is 6.07. The third kappa shape index (κ3) is 2.51. The molecule has 1 aliphatic heterocycles. The van der Waals surface area contributed by atoms with Gasteiger partial charge in [0.05, 0.1) is 0 Å². The van der Waals surface area contributed by atoms with E-state index in [9.17, 15) is 9.59 Å². The van der Waals surface area contributed by atoms with E-state index < -0.39 is 0 Å². The molecule has 1 heterocycles. The van der Waals surface area contributed by atoms with Crippen molar-refractivity contribution in [1.29, 1.82) is 0 Å². The number of likely N-dealkylation sites (N-methyl/N-ethyl adjacent to an activating group) is 1. The minimum Gasteiger partial charge on any atom is -0.454 e. The molecule has 0 fully saturated rings. The number of carbonyl (C=O) groups is 2. The predicted octanol–water partition coefficient (Wildman–Crippen LogP) is 1.24. The monoisotopic (exact) mass is 247 g/mol. The van der Waals surface area contributed by atoms with Gasteiger partial charge < -0.3 is 14.4 Å². The Labute approximate surface area is 105 Å². The van der Waals surface area contributed by atoms with Gasteiger partial charge in [0.25, 0.3) is 0 Å². The normalized spacial score (nSPS) is 12.8. The van der Waals surface area contributed by atoms with Crippen LogP contribution in [0.5, 0.6) is 11.5 Å². The summed E-state index contributed by atoms with van der Waals surface area (Å²) in [6.45, 7) is 0.169.